The molecule has 138 valence electrons. The normalized spacial score (nSPS) is 11.2. The lowest BCUT2D eigenvalue weighted by molar-refractivity contribution is 0.524. The number of hydrogen-bond acceptors (Lipinski definition) is 3. The third-order valence-electron chi connectivity index (χ3n) is 4.35. The zero-order chi connectivity index (χ0) is 19.1. The monoisotopic (exact) mass is 379 g/mol. The summed E-state index contributed by atoms with van der Waals surface area (Å²) in [5.41, 5.74) is 2.48. The third-order valence-corrected chi connectivity index (χ3v) is 4.70. The molecule has 0 saturated carbocycles. The number of unbranched alkanes of at least 4 members (excludes halogenated alkanes) is 2. The van der Waals surface area contributed by atoms with Crippen molar-refractivity contribution in [2.45, 2.75) is 32.6 Å². The zero-order valence-corrected chi connectivity index (χ0v) is 16.1. The molecule has 0 atom stereocenters. The molecule has 3 nitrogen and oxygen atoms in total. The number of aliphatic imine (C=N–C) groups is 1. The van der Waals surface area contributed by atoms with E-state index in [1.807, 2.05) is 54.6 Å². The maximum absolute atomic E-state index is 12.7. The lowest BCUT2D eigenvalue weighted by Crippen LogP contribution is -2.04. The SMILES string of the molecule is CCCCCc1cc(-c2ccccc2)oc(=O)c1N=Cc1ccccc1Cl. The summed E-state index contributed by atoms with van der Waals surface area (Å²) < 4.78 is 5.56. The second-order valence-electron chi connectivity index (χ2n) is 6.37. The lowest BCUT2D eigenvalue weighted by atomic mass is 10.0. The average molecular weight is 380 g/mol. The molecular weight excluding hydrogens is 358 g/mol. The Kier molecular flexibility index (Phi) is 6.61. The molecule has 0 amide bonds. The summed E-state index contributed by atoms with van der Waals surface area (Å²) in [7, 11) is 0. The van der Waals surface area contributed by atoms with Gasteiger partial charge in [0.15, 0.2) is 5.69 Å². The standard InChI is InChI=1S/C23H22ClNO2/c1-2-3-5-12-18-15-21(17-10-6-4-7-11-17)27-23(26)22(18)25-16-19-13-8-9-14-20(19)24/h4,6-11,13-16H,2-3,5,12H2,1H3. The molecular formula is C23H22ClNO2. The Hall–Kier alpha value is -2.65. The number of halogens is 1. The van der Waals surface area contributed by atoms with Gasteiger partial charge in [-0.2, -0.15) is 0 Å². The highest BCUT2D eigenvalue weighted by Gasteiger charge is 2.12. The lowest BCUT2D eigenvalue weighted by Gasteiger charge is -2.08. The molecule has 0 aliphatic carbocycles. The van der Waals surface area contributed by atoms with Crippen LogP contribution < -0.4 is 5.63 Å². The Morgan fingerprint density at radius 2 is 1.78 bits per heavy atom. The van der Waals surface area contributed by atoms with Gasteiger partial charge in [-0.1, -0.05) is 79.9 Å². The van der Waals surface area contributed by atoms with Crippen LogP contribution in [0.4, 0.5) is 5.69 Å². The Balaban J connectivity index is 2.01. The number of hydrogen-bond donors (Lipinski definition) is 0. The molecule has 0 spiro atoms. The first-order chi connectivity index (χ1) is 13.2. The Morgan fingerprint density at radius 1 is 1.04 bits per heavy atom. The van der Waals surface area contributed by atoms with Crippen LogP contribution in [-0.2, 0) is 6.42 Å². The van der Waals surface area contributed by atoms with Gasteiger partial charge in [0, 0.05) is 22.4 Å². The first-order valence-corrected chi connectivity index (χ1v) is 9.58. The maximum atomic E-state index is 12.7. The minimum absolute atomic E-state index is 0.353. The second-order valence-corrected chi connectivity index (χ2v) is 6.78. The molecule has 1 aromatic heterocycles. The molecule has 0 fully saturated rings. The molecule has 27 heavy (non-hydrogen) atoms. The van der Waals surface area contributed by atoms with Crippen molar-refractivity contribution in [3.05, 3.63) is 87.2 Å². The number of benzene rings is 2. The van der Waals surface area contributed by atoms with Crippen molar-refractivity contribution in [2.24, 2.45) is 4.99 Å². The summed E-state index contributed by atoms with van der Waals surface area (Å²) in [4.78, 5) is 17.1. The van der Waals surface area contributed by atoms with Crippen molar-refractivity contribution < 1.29 is 4.42 Å². The van der Waals surface area contributed by atoms with Gasteiger partial charge in [-0.15, -0.1) is 0 Å². The molecule has 0 bridgehead atoms. The molecule has 0 radical (unpaired) electrons. The van der Waals surface area contributed by atoms with Gasteiger partial charge in [0.2, 0.25) is 0 Å². The third kappa shape index (κ3) is 4.95. The predicted octanol–water partition coefficient (Wildman–Crippen LogP) is 6.44. The van der Waals surface area contributed by atoms with Crippen LogP contribution >= 0.6 is 11.6 Å². The second kappa shape index (κ2) is 9.33. The van der Waals surface area contributed by atoms with E-state index >= 15 is 0 Å². The molecule has 4 heteroatoms. The van der Waals surface area contributed by atoms with Crippen molar-refractivity contribution in [2.75, 3.05) is 0 Å². The molecule has 0 N–H and O–H groups in total. The van der Waals surface area contributed by atoms with Crippen LogP contribution in [0.3, 0.4) is 0 Å². The van der Waals surface area contributed by atoms with Crippen molar-refractivity contribution in [1.82, 2.24) is 0 Å². The summed E-state index contributed by atoms with van der Waals surface area (Å²) >= 11 is 6.18. The van der Waals surface area contributed by atoms with E-state index in [0.717, 1.165) is 42.4 Å². The summed E-state index contributed by atoms with van der Waals surface area (Å²) in [6.45, 7) is 2.16. The van der Waals surface area contributed by atoms with Crippen molar-refractivity contribution >= 4 is 23.5 Å². The first kappa shape index (κ1) is 19.1. The van der Waals surface area contributed by atoms with Crippen LogP contribution in [0.1, 0.15) is 37.3 Å². The molecule has 3 rings (SSSR count). The van der Waals surface area contributed by atoms with E-state index in [2.05, 4.69) is 11.9 Å². The predicted molar refractivity (Wildman–Crippen MR) is 112 cm³/mol. The van der Waals surface area contributed by atoms with Crippen LogP contribution in [0.5, 0.6) is 0 Å². The van der Waals surface area contributed by atoms with E-state index in [1.165, 1.54) is 0 Å². The molecule has 0 aliphatic heterocycles. The van der Waals surface area contributed by atoms with Gasteiger partial charge in [0.1, 0.15) is 5.76 Å². The highest BCUT2D eigenvalue weighted by molar-refractivity contribution is 6.33. The zero-order valence-electron chi connectivity index (χ0n) is 15.3. The van der Waals surface area contributed by atoms with Gasteiger partial charge in [-0.3, -0.25) is 0 Å². The quantitative estimate of drug-likeness (QED) is 0.350. The highest BCUT2D eigenvalue weighted by Crippen LogP contribution is 2.25. The summed E-state index contributed by atoms with van der Waals surface area (Å²) in [6, 6.07) is 19.0. The summed E-state index contributed by atoms with van der Waals surface area (Å²) in [6.07, 6.45) is 5.64. The number of aryl methyl sites for hydroxylation is 1. The minimum Gasteiger partial charge on any atom is -0.421 e. The average Bonchev–Trinajstić information content (AvgIpc) is 2.69. The topological polar surface area (TPSA) is 42.6 Å². The van der Waals surface area contributed by atoms with Crippen LogP contribution in [0.2, 0.25) is 5.02 Å². The summed E-state index contributed by atoms with van der Waals surface area (Å²) in [5, 5.41) is 0.596. The molecule has 0 saturated heterocycles. The van der Waals surface area contributed by atoms with E-state index in [0.29, 0.717) is 16.5 Å². The molecule has 0 unspecified atom stereocenters. The highest BCUT2D eigenvalue weighted by atomic mass is 35.5. The van der Waals surface area contributed by atoms with Gasteiger partial charge in [0.25, 0.3) is 0 Å². The first-order valence-electron chi connectivity index (χ1n) is 9.20. The van der Waals surface area contributed by atoms with Crippen molar-refractivity contribution in [1.29, 1.82) is 0 Å². The largest absolute Gasteiger partial charge is 0.421 e. The van der Waals surface area contributed by atoms with Crippen molar-refractivity contribution in [3.63, 3.8) is 0 Å². The fraction of sp³-hybridized carbons (Fsp3) is 0.217. The van der Waals surface area contributed by atoms with Crippen LogP contribution in [0, 0.1) is 0 Å². The minimum atomic E-state index is -0.425. The maximum Gasteiger partial charge on any atom is 0.362 e. The Labute approximate surface area is 164 Å². The van der Waals surface area contributed by atoms with E-state index in [-0.39, 0.29) is 0 Å². The van der Waals surface area contributed by atoms with Crippen LogP contribution in [0.25, 0.3) is 11.3 Å². The van der Waals surface area contributed by atoms with Gasteiger partial charge in [0.05, 0.1) is 0 Å². The van der Waals surface area contributed by atoms with E-state index < -0.39 is 5.63 Å². The van der Waals surface area contributed by atoms with Crippen LogP contribution in [-0.4, -0.2) is 6.21 Å². The molecule has 0 aliphatic rings. The molecule has 2 aromatic carbocycles. The van der Waals surface area contributed by atoms with Crippen molar-refractivity contribution in [3.8, 4) is 11.3 Å². The Morgan fingerprint density at radius 3 is 2.52 bits per heavy atom. The van der Waals surface area contributed by atoms with E-state index in [4.69, 9.17) is 16.0 Å². The summed E-state index contributed by atoms with van der Waals surface area (Å²) in [5.74, 6) is 0.573. The molecule has 1 heterocycles. The van der Waals surface area contributed by atoms with Gasteiger partial charge < -0.3 is 4.42 Å². The smallest absolute Gasteiger partial charge is 0.362 e. The number of rotatable bonds is 7. The Bertz CT molecular complexity index is 977. The van der Waals surface area contributed by atoms with Gasteiger partial charge in [-0.25, -0.2) is 9.79 Å². The van der Waals surface area contributed by atoms with Gasteiger partial charge in [-0.05, 0) is 30.5 Å². The van der Waals surface area contributed by atoms with E-state index in [1.54, 1.807) is 12.3 Å². The van der Waals surface area contributed by atoms with Crippen LogP contribution in [0.15, 0.2) is 74.9 Å². The van der Waals surface area contributed by atoms with Gasteiger partial charge >= 0.3 is 5.63 Å². The molecule has 3 aromatic rings. The fourth-order valence-corrected chi connectivity index (χ4v) is 3.07. The number of nitrogens with zero attached hydrogens (tertiary/aromatic N) is 1. The fourth-order valence-electron chi connectivity index (χ4n) is 2.89. The van der Waals surface area contributed by atoms with E-state index in [9.17, 15) is 4.79 Å².